The van der Waals surface area contributed by atoms with E-state index in [9.17, 15) is 17.6 Å². The van der Waals surface area contributed by atoms with Crippen LogP contribution in [0.2, 0.25) is 0 Å². The van der Waals surface area contributed by atoms with Crippen LogP contribution in [0, 0.1) is 5.82 Å². The van der Waals surface area contributed by atoms with Gasteiger partial charge in [-0.05, 0) is 31.3 Å². The maximum absolute atomic E-state index is 13.7. The Hall–Kier alpha value is -1.60. The molecule has 2 nitrogen and oxygen atoms in total. The summed E-state index contributed by atoms with van der Waals surface area (Å²) in [7, 11) is 1.69. The summed E-state index contributed by atoms with van der Waals surface area (Å²) in [6, 6.07) is 6.85. The van der Waals surface area contributed by atoms with Crippen molar-refractivity contribution in [1.29, 1.82) is 0 Å². The van der Waals surface area contributed by atoms with E-state index in [1.807, 2.05) is 0 Å². The largest absolute Gasteiger partial charge is 0.417 e. The monoisotopic (exact) mass is 316 g/mol. The van der Waals surface area contributed by atoms with Crippen molar-refractivity contribution in [3.63, 3.8) is 0 Å². The van der Waals surface area contributed by atoms with Gasteiger partial charge in [0.15, 0.2) is 0 Å². The number of nitrogens with zero attached hydrogens (tertiary/aromatic N) is 1. The van der Waals surface area contributed by atoms with Gasteiger partial charge in [0.05, 0.1) is 5.56 Å². The molecule has 0 aliphatic rings. The minimum atomic E-state index is -4.41. The molecule has 1 aromatic heterocycles. The van der Waals surface area contributed by atoms with Gasteiger partial charge in [0.1, 0.15) is 10.8 Å². The van der Waals surface area contributed by atoms with E-state index in [4.69, 9.17) is 0 Å². The van der Waals surface area contributed by atoms with Crippen LogP contribution in [0.5, 0.6) is 0 Å². The molecule has 2 aromatic rings. The van der Waals surface area contributed by atoms with Crippen LogP contribution in [0.4, 0.5) is 17.6 Å². The third-order valence-corrected chi connectivity index (χ3v) is 3.76. The SMILES string of the molecule is CNCc1c(F)cccc1Sc1ccc(C(F)(F)F)cn1. The second-order valence-electron chi connectivity index (χ2n) is 4.23. The fraction of sp³-hybridized carbons (Fsp3) is 0.214. The van der Waals surface area contributed by atoms with Gasteiger partial charge < -0.3 is 5.32 Å². The predicted molar refractivity (Wildman–Crippen MR) is 72.5 cm³/mol. The fourth-order valence-electron chi connectivity index (χ4n) is 1.70. The minimum Gasteiger partial charge on any atom is -0.316 e. The molecule has 2 rings (SSSR count). The second-order valence-corrected chi connectivity index (χ2v) is 5.29. The Bertz CT molecular complexity index is 611. The standard InChI is InChI=1S/C14H12F4N2S/c1-19-8-10-11(15)3-2-4-12(10)21-13-6-5-9(7-20-13)14(16,17)18/h2-7,19H,8H2,1H3. The van der Waals surface area contributed by atoms with Gasteiger partial charge in [0.2, 0.25) is 0 Å². The molecular weight excluding hydrogens is 304 g/mol. The zero-order valence-electron chi connectivity index (χ0n) is 11.0. The molecule has 0 unspecified atom stereocenters. The Balaban J connectivity index is 2.24. The third kappa shape index (κ3) is 3.95. The summed E-state index contributed by atoms with van der Waals surface area (Å²) in [6.45, 7) is 0.329. The summed E-state index contributed by atoms with van der Waals surface area (Å²) in [6.07, 6.45) is -3.63. The van der Waals surface area contributed by atoms with Crippen LogP contribution in [0.25, 0.3) is 0 Å². The third-order valence-electron chi connectivity index (χ3n) is 2.71. The number of aromatic nitrogens is 1. The molecule has 1 heterocycles. The van der Waals surface area contributed by atoms with Crippen molar-refractivity contribution >= 4 is 11.8 Å². The molecule has 0 atom stereocenters. The average Bonchev–Trinajstić information content (AvgIpc) is 2.42. The number of rotatable bonds is 4. The summed E-state index contributed by atoms with van der Waals surface area (Å²) in [5.41, 5.74) is -0.340. The van der Waals surface area contributed by atoms with Gasteiger partial charge in [0, 0.05) is 23.2 Å². The highest BCUT2D eigenvalue weighted by molar-refractivity contribution is 7.99. The van der Waals surface area contributed by atoms with E-state index in [-0.39, 0.29) is 5.82 Å². The first-order chi connectivity index (χ1) is 9.91. The number of hydrogen-bond donors (Lipinski definition) is 1. The van der Waals surface area contributed by atoms with Crippen LogP contribution >= 0.6 is 11.8 Å². The zero-order valence-corrected chi connectivity index (χ0v) is 11.9. The molecule has 0 amide bonds. The summed E-state index contributed by atoms with van der Waals surface area (Å²) >= 11 is 1.13. The van der Waals surface area contributed by atoms with Crippen LogP contribution < -0.4 is 5.32 Å². The molecule has 0 spiro atoms. The summed E-state index contributed by atoms with van der Waals surface area (Å²) in [5.74, 6) is -0.360. The Morgan fingerprint density at radius 2 is 1.95 bits per heavy atom. The second kappa shape index (κ2) is 6.44. The molecule has 0 radical (unpaired) electrons. The molecule has 0 saturated heterocycles. The minimum absolute atomic E-state index is 0.329. The van der Waals surface area contributed by atoms with Gasteiger partial charge in [-0.3, -0.25) is 0 Å². The Morgan fingerprint density at radius 1 is 1.19 bits per heavy atom. The number of hydrogen-bond acceptors (Lipinski definition) is 3. The molecule has 21 heavy (non-hydrogen) atoms. The van der Waals surface area contributed by atoms with Gasteiger partial charge in [-0.2, -0.15) is 13.2 Å². The van der Waals surface area contributed by atoms with E-state index in [0.29, 0.717) is 22.0 Å². The van der Waals surface area contributed by atoms with E-state index in [2.05, 4.69) is 10.3 Å². The van der Waals surface area contributed by atoms with Crippen molar-refractivity contribution in [2.24, 2.45) is 0 Å². The van der Waals surface area contributed by atoms with E-state index in [1.54, 1.807) is 19.2 Å². The normalized spacial score (nSPS) is 11.7. The first kappa shape index (κ1) is 15.8. The topological polar surface area (TPSA) is 24.9 Å². The molecule has 1 aromatic carbocycles. The van der Waals surface area contributed by atoms with E-state index in [1.165, 1.54) is 12.1 Å². The highest BCUT2D eigenvalue weighted by Gasteiger charge is 2.30. The molecule has 0 fully saturated rings. The van der Waals surface area contributed by atoms with Crippen molar-refractivity contribution in [2.45, 2.75) is 22.6 Å². The fourth-order valence-corrected chi connectivity index (χ4v) is 2.61. The van der Waals surface area contributed by atoms with E-state index in [0.717, 1.165) is 24.0 Å². The van der Waals surface area contributed by atoms with Crippen LogP contribution in [-0.2, 0) is 12.7 Å². The number of pyridine rings is 1. The van der Waals surface area contributed by atoms with Gasteiger partial charge in [-0.1, -0.05) is 17.8 Å². The highest BCUT2D eigenvalue weighted by Crippen LogP contribution is 2.33. The van der Waals surface area contributed by atoms with Crippen LogP contribution in [0.1, 0.15) is 11.1 Å². The summed E-state index contributed by atoms with van der Waals surface area (Å²) < 4.78 is 51.1. The van der Waals surface area contributed by atoms with Gasteiger partial charge >= 0.3 is 6.18 Å². The van der Waals surface area contributed by atoms with Crippen molar-refractivity contribution in [3.8, 4) is 0 Å². The number of nitrogens with one attached hydrogen (secondary N) is 1. The molecule has 112 valence electrons. The van der Waals surface area contributed by atoms with Crippen LogP contribution in [0.15, 0.2) is 46.5 Å². The maximum atomic E-state index is 13.7. The van der Waals surface area contributed by atoms with Gasteiger partial charge in [-0.25, -0.2) is 9.37 Å². The summed E-state index contributed by atoms with van der Waals surface area (Å²) in [4.78, 5) is 4.39. The molecule has 7 heteroatoms. The average molecular weight is 316 g/mol. The molecular formula is C14H12F4N2S. The van der Waals surface area contributed by atoms with Crippen molar-refractivity contribution in [2.75, 3.05) is 7.05 Å². The summed E-state index contributed by atoms with van der Waals surface area (Å²) in [5, 5.41) is 3.24. The predicted octanol–water partition coefficient (Wildman–Crippen LogP) is 4.11. The lowest BCUT2D eigenvalue weighted by molar-refractivity contribution is -0.137. The van der Waals surface area contributed by atoms with Crippen molar-refractivity contribution < 1.29 is 17.6 Å². The zero-order chi connectivity index (χ0) is 15.5. The first-order valence-corrected chi connectivity index (χ1v) is 6.86. The van der Waals surface area contributed by atoms with Crippen LogP contribution in [0.3, 0.4) is 0 Å². The van der Waals surface area contributed by atoms with Gasteiger partial charge in [-0.15, -0.1) is 0 Å². The maximum Gasteiger partial charge on any atom is 0.417 e. The van der Waals surface area contributed by atoms with E-state index < -0.39 is 11.7 Å². The van der Waals surface area contributed by atoms with Gasteiger partial charge in [0.25, 0.3) is 0 Å². The van der Waals surface area contributed by atoms with E-state index >= 15 is 0 Å². The smallest absolute Gasteiger partial charge is 0.316 e. The Labute approximate surface area is 123 Å². The van der Waals surface area contributed by atoms with Crippen LogP contribution in [-0.4, -0.2) is 12.0 Å². The lowest BCUT2D eigenvalue weighted by atomic mass is 10.2. The van der Waals surface area contributed by atoms with Crippen molar-refractivity contribution in [1.82, 2.24) is 10.3 Å². The lowest BCUT2D eigenvalue weighted by Gasteiger charge is -2.10. The molecule has 1 N–H and O–H groups in total. The Kier molecular flexibility index (Phi) is 4.84. The molecule has 0 aliphatic carbocycles. The molecule has 0 saturated carbocycles. The van der Waals surface area contributed by atoms with Crippen molar-refractivity contribution in [3.05, 3.63) is 53.5 Å². The number of alkyl halides is 3. The highest BCUT2D eigenvalue weighted by atomic mass is 32.2. The molecule has 0 aliphatic heterocycles. The molecule has 0 bridgehead atoms. The number of halogens is 4. The first-order valence-electron chi connectivity index (χ1n) is 6.05. The lowest BCUT2D eigenvalue weighted by Crippen LogP contribution is -2.08. The quantitative estimate of drug-likeness (QED) is 0.859. The number of benzene rings is 1. The Morgan fingerprint density at radius 3 is 2.52 bits per heavy atom.